The van der Waals surface area contributed by atoms with Crippen LogP contribution in [0.4, 0.5) is 5.69 Å². The quantitative estimate of drug-likeness (QED) is 0.179. The lowest BCUT2D eigenvalue weighted by Gasteiger charge is -2.27. The Morgan fingerprint density at radius 2 is 1.97 bits per heavy atom. The Morgan fingerprint density at radius 3 is 2.73 bits per heavy atom. The predicted molar refractivity (Wildman–Crippen MR) is 130 cm³/mol. The SMILES string of the molecule is NN=C(C=Nc1ccc(C(O)NCCN2CCOCC2)cc1)c1cc2ccccc2[nH]c1=O. The third kappa shape index (κ3) is 5.91. The van der Waals surface area contributed by atoms with Crippen molar-refractivity contribution in [3.05, 3.63) is 76.1 Å². The first-order valence-electron chi connectivity index (χ1n) is 10.9. The molecular formula is C24H28N6O3. The highest BCUT2D eigenvalue weighted by Crippen LogP contribution is 2.17. The van der Waals surface area contributed by atoms with Gasteiger partial charge in [-0.2, -0.15) is 5.10 Å². The molecule has 1 saturated heterocycles. The van der Waals surface area contributed by atoms with Crippen molar-refractivity contribution >= 4 is 28.5 Å². The average molecular weight is 449 g/mol. The maximum absolute atomic E-state index is 12.5. The van der Waals surface area contributed by atoms with Gasteiger partial charge in [0, 0.05) is 31.7 Å². The molecule has 172 valence electrons. The van der Waals surface area contributed by atoms with Crippen LogP contribution in [0.25, 0.3) is 10.9 Å². The van der Waals surface area contributed by atoms with E-state index in [0.717, 1.165) is 49.3 Å². The van der Waals surface area contributed by atoms with Crippen molar-refractivity contribution < 1.29 is 9.84 Å². The maximum Gasteiger partial charge on any atom is 0.258 e. The van der Waals surface area contributed by atoms with E-state index in [4.69, 9.17) is 10.6 Å². The summed E-state index contributed by atoms with van der Waals surface area (Å²) in [6.07, 6.45) is 0.701. The van der Waals surface area contributed by atoms with Gasteiger partial charge >= 0.3 is 0 Å². The Hall–Kier alpha value is -3.37. The van der Waals surface area contributed by atoms with Crippen LogP contribution in [0.1, 0.15) is 17.4 Å². The number of fused-ring (bicyclic) bond motifs is 1. The molecule has 9 nitrogen and oxygen atoms in total. The van der Waals surface area contributed by atoms with E-state index in [1.807, 2.05) is 24.3 Å². The monoisotopic (exact) mass is 448 g/mol. The van der Waals surface area contributed by atoms with Crippen LogP contribution in [0.3, 0.4) is 0 Å². The number of rotatable bonds is 8. The third-order valence-corrected chi connectivity index (χ3v) is 5.58. The highest BCUT2D eigenvalue weighted by molar-refractivity contribution is 6.38. The van der Waals surface area contributed by atoms with Crippen LogP contribution >= 0.6 is 0 Å². The van der Waals surface area contributed by atoms with Crippen molar-refractivity contribution in [2.24, 2.45) is 15.9 Å². The standard InChI is InChI=1S/C24H28N6O3/c25-29-22(20-15-18-3-1-2-4-21(18)28-24(20)32)16-27-19-7-5-17(6-8-19)23(31)26-9-10-30-11-13-33-14-12-30/h1-8,15-16,23,26,31H,9-14,25H2,(H,28,32). The van der Waals surface area contributed by atoms with Gasteiger partial charge in [-0.25, -0.2) is 0 Å². The minimum Gasteiger partial charge on any atom is -0.379 e. The second-order valence-corrected chi connectivity index (χ2v) is 7.77. The largest absolute Gasteiger partial charge is 0.379 e. The minimum absolute atomic E-state index is 0.274. The molecule has 2 heterocycles. The van der Waals surface area contributed by atoms with E-state index in [2.05, 4.69) is 25.3 Å². The fourth-order valence-electron chi connectivity index (χ4n) is 3.69. The van der Waals surface area contributed by atoms with Crippen LogP contribution in [-0.2, 0) is 4.74 Å². The number of pyridine rings is 1. The summed E-state index contributed by atoms with van der Waals surface area (Å²) < 4.78 is 5.34. The number of hydrogen-bond donors (Lipinski definition) is 4. The maximum atomic E-state index is 12.5. The summed E-state index contributed by atoms with van der Waals surface area (Å²) >= 11 is 0. The predicted octanol–water partition coefficient (Wildman–Crippen LogP) is 1.51. The molecule has 0 spiro atoms. The zero-order valence-corrected chi connectivity index (χ0v) is 18.3. The van der Waals surface area contributed by atoms with Gasteiger partial charge in [-0.3, -0.25) is 20.0 Å². The number of hydrogen-bond acceptors (Lipinski definition) is 8. The lowest BCUT2D eigenvalue weighted by atomic mass is 10.1. The van der Waals surface area contributed by atoms with E-state index in [9.17, 15) is 9.90 Å². The normalized spacial score (nSPS) is 16.5. The van der Waals surface area contributed by atoms with Crippen molar-refractivity contribution in [1.29, 1.82) is 0 Å². The molecule has 1 unspecified atom stereocenters. The van der Waals surface area contributed by atoms with Crippen LogP contribution in [0.2, 0.25) is 0 Å². The first kappa shape index (κ1) is 22.8. The highest BCUT2D eigenvalue weighted by atomic mass is 16.5. The van der Waals surface area contributed by atoms with Crippen LogP contribution in [-0.4, -0.2) is 66.3 Å². The van der Waals surface area contributed by atoms with Crippen molar-refractivity contribution in [2.45, 2.75) is 6.23 Å². The molecule has 33 heavy (non-hydrogen) atoms. The van der Waals surface area contributed by atoms with Gasteiger partial charge in [-0.05, 0) is 35.2 Å². The number of ether oxygens (including phenoxy) is 1. The molecule has 2 aromatic carbocycles. The van der Waals surface area contributed by atoms with E-state index in [-0.39, 0.29) is 11.3 Å². The van der Waals surface area contributed by atoms with E-state index in [1.165, 1.54) is 6.21 Å². The van der Waals surface area contributed by atoms with E-state index < -0.39 is 6.23 Å². The van der Waals surface area contributed by atoms with Crippen LogP contribution in [0, 0.1) is 0 Å². The summed E-state index contributed by atoms with van der Waals surface area (Å²) in [5, 5.41) is 18.1. The summed E-state index contributed by atoms with van der Waals surface area (Å²) in [5.41, 5.74) is 2.47. The lowest BCUT2D eigenvalue weighted by molar-refractivity contribution is 0.0356. The smallest absolute Gasteiger partial charge is 0.258 e. The topological polar surface area (TPSA) is 128 Å². The fraction of sp³-hybridized carbons (Fsp3) is 0.292. The van der Waals surface area contributed by atoms with Crippen molar-refractivity contribution in [3.63, 3.8) is 0 Å². The molecule has 3 aromatic rings. The number of hydrazone groups is 1. The minimum atomic E-state index is -0.763. The molecule has 1 aliphatic rings. The summed E-state index contributed by atoms with van der Waals surface area (Å²) in [7, 11) is 0. The van der Waals surface area contributed by atoms with Crippen molar-refractivity contribution in [1.82, 2.24) is 15.2 Å². The number of para-hydroxylation sites is 1. The second-order valence-electron chi connectivity index (χ2n) is 7.77. The molecule has 1 atom stereocenters. The third-order valence-electron chi connectivity index (χ3n) is 5.58. The lowest BCUT2D eigenvalue weighted by Crippen LogP contribution is -2.40. The summed E-state index contributed by atoms with van der Waals surface area (Å²) in [5.74, 6) is 5.54. The number of nitrogens with zero attached hydrogens (tertiary/aromatic N) is 3. The molecule has 0 amide bonds. The number of H-pyrrole nitrogens is 1. The Balaban J connectivity index is 1.38. The molecule has 0 bridgehead atoms. The number of morpholine rings is 1. The molecule has 1 fully saturated rings. The zero-order valence-electron chi connectivity index (χ0n) is 18.3. The average Bonchev–Trinajstić information content (AvgIpc) is 2.85. The number of benzene rings is 2. The summed E-state index contributed by atoms with van der Waals surface area (Å²) in [4.78, 5) is 22.0. The number of aliphatic hydroxyl groups is 1. The molecule has 1 aromatic heterocycles. The zero-order chi connectivity index (χ0) is 23.0. The number of aliphatic imine (C=N–C) groups is 1. The Morgan fingerprint density at radius 1 is 1.21 bits per heavy atom. The van der Waals surface area contributed by atoms with E-state index in [0.29, 0.717) is 17.8 Å². The first-order valence-corrected chi connectivity index (χ1v) is 10.9. The van der Waals surface area contributed by atoms with Crippen molar-refractivity contribution in [2.75, 3.05) is 39.4 Å². The molecular weight excluding hydrogens is 420 g/mol. The van der Waals surface area contributed by atoms with Gasteiger partial charge in [-0.15, -0.1) is 0 Å². The van der Waals surface area contributed by atoms with Crippen LogP contribution < -0.4 is 16.7 Å². The van der Waals surface area contributed by atoms with Gasteiger partial charge in [0.15, 0.2) is 0 Å². The van der Waals surface area contributed by atoms with E-state index in [1.54, 1.807) is 30.3 Å². The van der Waals surface area contributed by atoms with E-state index >= 15 is 0 Å². The molecule has 0 radical (unpaired) electrons. The van der Waals surface area contributed by atoms with Gasteiger partial charge < -0.3 is 20.7 Å². The number of aliphatic hydroxyl groups excluding tert-OH is 1. The number of aromatic amines is 1. The summed E-state index contributed by atoms with van der Waals surface area (Å²) in [6, 6.07) is 16.4. The first-order chi connectivity index (χ1) is 16.1. The Bertz CT molecular complexity index is 1180. The Labute approximate surface area is 191 Å². The van der Waals surface area contributed by atoms with Gasteiger partial charge in [0.25, 0.3) is 5.56 Å². The fourth-order valence-corrected chi connectivity index (χ4v) is 3.69. The molecule has 0 saturated carbocycles. The molecule has 4 rings (SSSR count). The van der Waals surface area contributed by atoms with Gasteiger partial charge in [0.1, 0.15) is 11.9 Å². The van der Waals surface area contributed by atoms with Crippen LogP contribution in [0.5, 0.6) is 0 Å². The molecule has 0 aliphatic carbocycles. The summed E-state index contributed by atoms with van der Waals surface area (Å²) in [6.45, 7) is 4.90. The molecule has 9 heteroatoms. The Kier molecular flexibility index (Phi) is 7.59. The van der Waals surface area contributed by atoms with Gasteiger partial charge in [0.05, 0.1) is 30.7 Å². The molecule has 1 aliphatic heterocycles. The van der Waals surface area contributed by atoms with Gasteiger partial charge in [0.2, 0.25) is 0 Å². The molecule has 5 N–H and O–H groups in total. The number of nitrogens with one attached hydrogen (secondary N) is 2. The number of aromatic nitrogens is 1. The highest BCUT2D eigenvalue weighted by Gasteiger charge is 2.12. The second kappa shape index (κ2) is 11.0. The van der Waals surface area contributed by atoms with Crippen LogP contribution in [0.15, 0.2) is 69.5 Å². The number of nitrogens with two attached hydrogens (primary N) is 1. The van der Waals surface area contributed by atoms with Crippen molar-refractivity contribution in [3.8, 4) is 0 Å². The van der Waals surface area contributed by atoms with Gasteiger partial charge in [-0.1, -0.05) is 30.3 Å².